The molecule has 144 valence electrons. The van der Waals surface area contributed by atoms with Crippen molar-refractivity contribution in [2.45, 2.75) is 50.2 Å². The van der Waals surface area contributed by atoms with Crippen LogP contribution >= 0.6 is 23.7 Å². The van der Waals surface area contributed by atoms with Gasteiger partial charge in [0.2, 0.25) is 5.91 Å². The molecule has 26 heavy (non-hydrogen) atoms. The number of nitrogens with one attached hydrogen (secondary N) is 3. The van der Waals surface area contributed by atoms with E-state index in [1.807, 2.05) is 6.07 Å². The Morgan fingerprint density at radius 1 is 1.27 bits per heavy atom. The van der Waals surface area contributed by atoms with E-state index in [9.17, 15) is 9.59 Å². The topological polar surface area (TPSA) is 79.5 Å². The monoisotopic (exact) mass is 399 g/mol. The molecule has 0 bridgehead atoms. The van der Waals surface area contributed by atoms with Gasteiger partial charge in [-0.3, -0.25) is 9.59 Å². The van der Waals surface area contributed by atoms with Gasteiger partial charge in [0.1, 0.15) is 11.6 Å². The molecule has 1 aromatic rings. The normalized spacial score (nSPS) is 24.8. The first-order valence-electron chi connectivity index (χ1n) is 9.24. The number of piperidine rings is 1. The second-order valence-corrected chi connectivity index (χ2v) is 8.17. The maximum absolute atomic E-state index is 12.7. The minimum atomic E-state index is -0.418. The molecule has 3 aliphatic rings. The zero-order valence-electron chi connectivity index (χ0n) is 14.8. The lowest BCUT2D eigenvalue weighted by molar-refractivity contribution is -0.122. The third-order valence-electron chi connectivity index (χ3n) is 5.45. The molecule has 4 rings (SSSR count). The van der Waals surface area contributed by atoms with Gasteiger partial charge >= 0.3 is 0 Å². The van der Waals surface area contributed by atoms with E-state index in [0.29, 0.717) is 17.8 Å². The van der Waals surface area contributed by atoms with E-state index in [-0.39, 0.29) is 29.8 Å². The fourth-order valence-corrected chi connectivity index (χ4v) is 5.36. The first kappa shape index (κ1) is 19.6. The maximum Gasteiger partial charge on any atom is 0.262 e. The van der Waals surface area contributed by atoms with E-state index in [2.05, 4.69) is 16.0 Å². The molecule has 0 aromatic carbocycles. The van der Waals surface area contributed by atoms with Crippen LogP contribution in [0.4, 0.5) is 0 Å². The number of carbonyl (C=O) groups is 2. The minimum absolute atomic E-state index is 0. The molecular formula is C18H26ClN3O3S. The highest BCUT2D eigenvalue weighted by atomic mass is 35.5. The van der Waals surface area contributed by atoms with Crippen LogP contribution in [-0.2, 0) is 21.6 Å². The lowest BCUT2D eigenvalue weighted by Gasteiger charge is -2.40. The molecule has 2 amide bonds. The molecule has 1 spiro atoms. The summed E-state index contributed by atoms with van der Waals surface area (Å²) in [6, 6.07) is 1.59. The van der Waals surface area contributed by atoms with Gasteiger partial charge in [0, 0.05) is 11.4 Å². The Bertz CT molecular complexity index is 673. The van der Waals surface area contributed by atoms with E-state index < -0.39 is 6.04 Å². The highest BCUT2D eigenvalue weighted by Crippen LogP contribution is 2.44. The van der Waals surface area contributed by atoms with Gasteiger partial charge in [0.15, 0.2) is 0 Å². The van der Waals surface area contributed by atoms with Crippen LogP contribution < -0.4 is 16.0 Å². The molecule has 0 radical (unpaired) electrons. The molecule has 3 aliphatic heterocycles. The van der Waals surface area contributed by atoms with Crippen LogP contribution in [0.25, 0.3) is 0 Å². The lowest BCUT2D eigenvalue weighted by Crippen LogP contribution is -2.45. The molecule has 2 saturated heterocycles. The second-order valence-electron chi connectivity index (χ2n) is 7.12. The molecule has 0 saturated carbocycles. The van der Waals surface area contributed by atoms with E-state index in [4.69, 9.17) is 4.74 Å². The van der Waals surface area contributed by atoms with Gasteiger partial charge in [-0.05, 0) is 63.2 Å². The van der Waals surface area contributed by atoms with Crippen molar-refractivity contribution in [1.29, 1.82) is 0 Å². The molecule has 0 aliphatic carbocycles. The van der Waals surface area contributed by atoms with Gasteiger partial charge in [-0.25, -0.2) is 0 Å². The van der Waals surface area contributed by atoms with Crippen LogP contribution in [0.2, 0.25) is 0 Å². The Balaban J connectivity index is 0.00000196. The van der Waals surface area contributed by atoms with Crippen molar-refractivity contribution in [2.75, 3.05) is 26.2 Å². The molecule has 1 unspecified atom stereocenters. The van der Waals surface area contributed by atoms with Crippen molar-refractivity contribution in [3.05, 3.63) is 21.4 Å². The van der Waals surface area contributed by atoms with Crippen molar-refractivity contribution in [3.8, 4) is 0 Å². The summed E-state index contributed by atoms with van der Waals surface area (Å²) in [5, 5.41) is 9.18. The van der Waals surface area contributed by atoms with Crippen molar-refractivity contribution in [1.82, 2.24) is 16.0 Å². The van der Waals surface area contributed by atoms with E-state index in [1.54, 1.807) is 11.3 Å². The Morgan fingerprint density at radius 3 is 2.88 bits per heavy atom. The van der Waals surface area contributed by atoms with Gasteiger partial charge < -0.3 is 20.7 Å². The fourth-order valence-electron chi connectivity index (χ4n) is 4.04. The number of thiophene rings is 1. The van der Waals surface area contributed by atoms with Crippen LogP contribution in [0.3, 0.4) is 0 Å². The summed E-state index contributed by atoms with van der Waals surface area (Å²) in [4.78, 5) is 26.7. The zero-order valence-corrected chi connectivity index (χ0v) is 16.4. The third-order valence-corrected chi connectivity index (χ3v) is 6.81. The molecular weight excluding hydrogens is 374 g/mol. The fraction of sp³-hybridized carbons (Fsp3) is 0.667. The SMILES string of the molecule is Cl.O=C(NC1CCCCNC1=O)c1cc2c(s1)C1(CCNCC1)OCC2. The predicted octanol–water partition coefficient (Wildman–Crippen LogP) is 1.72. The minimum Gasteiger partial charge on any atom is -0.369 e. The summed E-state index contributed by atoms with van der Waals surface area (Å²) < 4.78 is 6.18. The third kappa shape index (κ3) is 3.76. The predicted molar refractivity (Wildman–Crippen MR) is 103 cm³/mol. The number of hydrogen-bond donors (Lipinski definition) is 3. The summed E-state index contributed by atoms with van der Waals surface area (Å²) >= 11 is 1.55. The van der Waals surface area contributed by atoms with Gasteiger partial charge in [0.25, 0.3) is 5.91 Å². The largest absolute Gasteiger partial charge is 0.369 e. The highest BCUT2D eigenvalue weighted by molar-refractivity contribution is 7.14. The van der Waals surface area contributed by atoms with Gasteiger partial charge in [-0.2, -0.15) is 0 Å². The summed E-state index contributed by atoms with van der Waals surface area (Å²) in [6.07, 6.45) is 5.40. The average Bonchev–Trinajstić information content (AvgIpc) is 2.97. The smallest absolute Gasteiger partial charge is 0.262 e. The average molecular weight is 400 g/mol. The number of amides is 2. The molecule has 6 nitrogen and oxygen atoms in total. The van der Waals surface area contributed by atoms with Crippen LogP contribution in [0.15, 0.2) is 6.07 Å². The Labute approximate surface area is 163 Å². The second kappa shape index (κ2) is 8.25. The van der Waals surface area contributed by atoms with E-state index in [1.165, 1.54) is 10.4 Å². The first-order valence-corrected chi connectivity index (χ1v) is 10.1. The van der Waals surface area contributed by atoms with E-state index >= 15 is 0 Å². The number of ether oxygens (including phenoxy) is 1. The maximum atomic E-state index is 12.7. The van der Waals surface area contributed by atoms with Crippen molar-refractivity contribution < 1.29 is 14.3 Å². The molecule has 3 N–H and O–H groups in total. The van der Waals surface area contributed by atoms with Gasteiger partial charge in [-0.15, -0.1) is 23.7 Å². The first-order chi connectivity index (χ1) is 12.2. The quantitative estimate of drug-likeness (QED) is 0.707. The zero-order chi connectivity index (χ0) is 17.3. The summed E-state index contributed by atoms with van der Waals surface area (Å²) in [6.45, 7) is 3.31. The lowest BCUT2D eigenvalue weighted by atomic mass is 9.86. The Kier molecular flexibility index (Phi) is 6.22. The van der Waals surface area contributed by atoms with Gasteiger partial charge in [0.05, 0.1) is 11.5 Å². The van der Waals surface area contributed by atoms with Crippen LogP contribution in [-0.4, -0.2) is 44.1 Å². The van der Waals surface area contributed by atoms with E-state index in [0.717, 1.165) is 51.8 Å². The summed E-state index contributed by atoms with van der Waals surface area (Å²) in [5.74, 6) is -0.198. The summed E-state index contributed by atoms with van der Waals surface area (Å²) in [7, 11) is 0. The molecule has 1 aromatic heterocycles. The van der Waals surface area contributed by atoms with Gasteiger partial charge in [-0.1, -0.05) is 0 Å². The number of fused-ring (bicyclic) bond motifs is 2. The molecule has 2 fully saturated rings. The number of halogens is 1. The van der Waals surface area contributed by atoms with Crippen LogP contribution in [0, 0.1) is 0 Å². The number of carbonyl (C=O) groups excluding carboxylic acids is 2. The summed E-state index contributed by atoms with van der Waals surface area (Å²) in [5.41, 5.74) is 1.02. The molecule has 8 heteroatoms. The van der Waals surface area contributed by atoms with Crippen LogP contribution in [0.1, 0.15) is 52.2 Å². The van der Waals surface area contributed by atoms with Crippen molar-refractivity contribution in [2.24, 2.45) is 0 Å². The Hall–Kier alpha value is -1.15. The molecule has 4 heterocycles. The van der Waals surface area contributed by atoms with Crippen molar-refractivity contribution in [3.63, 3.8) is 0 Å². The number of rotatable bonds is 2. The Morgan fingerprint density at radius 2 is 2.08 bits per heavy atom. The van der Waals surface area contributed by atoms with Crippen LogP contribution in [0.5, 0.6) is 0 Å². The highest BCUT2D eigenvalue weighted by Gasteiger charge is 2.41. The van der Waals surface area contributed by atoms with Crippen molar-refractivity contribution >= 4 is 35.6 Å². The molecule has 1 atom stereocenters. The number of hydrogen-bond acceptors (Lipinski definition) is 5. The standard InChI is InChI=1S/C18H25N3O3S.ClH/c22-16-13(3-1-2-7-20-16)21-17(23)14-11-12-4-10-24-18(15(12)25-14)5-8-19-9-6-18;/h11,13,19H,1-10H2,(H,20,22)(H,21,23);1H.